The van der Waals surface area contributed by atoms with Crippen molar-refractivity contribution in [3.8, 4) is 0 Å². The van der Waals surface area contributed by atoms with E-state index in [9.17, 15) is 4.57 Å². The van der Waals surface area contributed by atoms with Crippen LogP contribution in [0.1, 0.15) is 0 Å². The van der Waals surface area contributed by atoms with E-state index in [0.717, 1.165) is 0 Å². The molecule has 2 unspecified atom stereocenters. The monoisotopic (exact) mass is 228 g/mol. The van der Waals surface area contributed by atoms with Crippen LogP contribution in [0.4, 0.5) is 0 Å². The van der Waals surface area contributed by atoms with E-state index in [0.29, 0.717) is 26.3 Å². The highest BCUT2D eigenvalue weighted by Crippen LogP contribution is 2.29. The van der Waals surface area contributed by atoms with E-state index in [2.05, 4.69) is 0 Å². The molecule has 1 aliphatic rings. The summed E-state index contributed by atoms with van der Waals surface area (Å²) in [5, 5.41) is 10.6. The van der Waals surface area contributed by atoms with E-state index in [1.54, 1.807) is 0 Å². The topological polar surface area (TPSA) is 59.0 Å². The van der Waals surface area contributed by atoms with Gasteiger partial charge in [-0.05, 0) is 9.19 Å². The van der Waals surface area contributed by atoms with Gasteiger partial charge in [-0.1, -0.05) is 0 Å². The summed E-state index contributed by atoms with van der Waals surface area (Å²) in [5.74, 6) is -1.18. The van der Waals surface area contributed by atoms with Crippen LogP contribution in [0.25, 0.3) is 0 Å². The molecule has 0 saturated carbocycles. The van der Waals surface area contributed by atoms with Gasteiger partial charge in [0.05, 0.1) is 32.2 Å². The van der Waals surface area contributed by atoms with Crippen LogP contribution in [-0.2, 0) is 13.9 Å². The average molecular weight is 229 g/mol. The minimum absolute atomic E-state index is 0.0838. The number of hydrogen-bond donors (Lipinski definition) is 1. The smallest absolute Gasteiger partial charge is 0.379 e. The first kappa shape index (κ1) is 11.3. The Morgan fingerprint density at radius 3 is 2.77 bits per heavy atom. The Kier molecular flexibility index (Phi) is 5.09. The molecule has 1 saturated heterocycles. The van der Waals surface area contributed by atoms with Crippen molar-refractivity contribution < 1.29 is 19.0 Å². The number of hydrogen-bond acceptors (Lipinski definition) is 5. The molecule has 1 heterocycles. The second-order valence-electron chi connectivity index (χ2n) is 2.54. The molecule has 0 amide bonds. The van der Waals surface area contributed by atoms with E-state index < -0.39 is 13.9 Å². The Morgan fingerprint density at radius 1 is 1.62 bits per heavy atom. The maximum Gasteiger partial charge on any atom is 0.560 e. The van der Waals surface area contributed by atoms with E-state index in [-0.39, 0.29) is 5.88 Å². The average Bonchev–Trinajstić information content (AvgIpc) is 2.18. The summed E-state index contributed by atoms with van der Waals surface area (Å²) in [6, 6.07) is 0. The normalized spacial score (nSPS) is 22.8. The highest BCUT2D eigenvalue weighted by Gasteiger charge is 2.33. The number of ether oxygens (including phenoxy) is 1. The maximum absolute atomic E-state index is 11.2. The van der Waals surface area contributed by atoms with Crippen LogP contribution in [0.15, 0.2) is 0 Å². The van der Waals surface area contributed by atoms with Gasteiger partial charge < -0.3 is 9.84 Å². The Balaban J connectivity index is 2.26. The van der Waals surface area contributed by atoms with Crippen molar-refractivity contribution in [3.63, 3.8) is 0 Å². The number of halogens is 1. The summed E-state index contributed by atoms with van der Waals surface area (Å²) in [5.41, 5.74) is 0. The van der Waals surface area contributed by atoms with Gasteiger partial charge in [0.15, 0.2) is 0 Å². The van der Waals surface area contributed by atoms with Crippen LogP contribution < -0.4 is 0 Å². The SMILES string of the molecule is O=[P+](ON1CCOCC1)C(O)CCl. The zero-order valence-electron chi connectivity index (χ0n) is 7.06. The summed E-state index contributed by atoms with van der Waals surface area (Å²) < 4.78 is 21.2. The van der Waals surface area contributed by atoms with Crippen molar-refractivity contribution >= 4 is 19.6 Å². The van der Waals surface area contributed by atoms with Crippen molar-refractivity contribution in [1.82, 2.24) is 5.06 Å². The van der Waals surface area contributed by atoms with Gasteiger partial charge in [-0.3, -0.25) is 0 Å². The number of aliphatic hydroxyl groups excluding tert-OH is 1. The zero-order valence-corrected chi connectivity index (χ0v) is 8.71. The van der Waals surface area contributed by atoms with Crippen LogP contribution in [0.2, 0.25) is 0 Å². The summed E-state index contributed by atoms with van der Waals surface area (Å²) in [4.78, 5) is 0. The lowest BCUT2D eigenvalue weighted by Gasteiger charge is -2.20. The molecule has 0 radical (unpaired) electrons. The number of alkyl halides is 1. The molecule has 1 aliphatic heterocycles. The van der Waals surface area contributed by atoms with Gasteiger partial charge in [-0.15, -0.1) is 16.7 Å². The number of hydroxylamine groups is 2. The summed E-state index contributed by atoms with van der Waals surface area (Å²) in [6.45, 7) is 2.24. The Morgan fingerprint density at radius 2 is 2.23 bits per heavy atom. The van der Waals surface area contributed by atoms with E-state index in [1.165, 1.54) is 5.06 Å². The van der Waals surface area contributed by atoms with E-state index in [4.69, 9.17) is 26.1 Å². The Bertz CT molecular complexity index is 176. The van der Waals surface area contributed by atoms with Gasteiger partial charge in [0.1, 0.15) is 0 Å². The first-order chi connectivity index (χ1) is 6.24. The van der Waals surface area contributed by atoms with Gasteiger partial charge in [-0.2, -0.15) is 0 Å². The molecular weight excluding hydrogens is 216 g/mol. The Labute approximate surface area is 82.4 Å². The second-order valence-corrected chi connectivity index (χ2v) is 4.18. The van der Waals surface area contributed by atoms with Gasteiger partial charge in [-0.25, -0.2) is 0 Å². The third-order valence-electron chi connectivity index (χ3n) is 1.55. The van der Waals surface area contributed by atoms with Crippen molar-refractivity contribution in [2.45, 2.75) is 5.85 Å². The quantitative estimate of drug-likeness (QED) is 0.563. The fourth-order valence-electron chi connectivity index (χ4n) is 0.853. The van der Waals surface area contributed by atoms with Gasteiger partial charge in [0.2, 0.25) is 0 Å². The molecule has 0 spiro atoms. The summed E-state index contributed by atoms with van der Waals surface area (Å²) in [6.07, 6.45) is 0. The lowest BCUT2D eigenvalue weighted by atomic mass is 10.5. The van der Waals surface area contributed by atoms with Crippen molar-refractivity contribution in [3.05, 3.63) is 0 Å². The predicted molar refractivity (Wildman–Crippen MR) is 47.8 cm³/mol. The molecule has 7 heteroatoms. The molecule has 13 heavy (non-hydrogen) atoms. The minimum atomic E-state index is -2.12. The largest absolute Gasteiger partial charge is 0.560 e. The summed E-state index contributed by atoms with van der Waals surface area (Å²) >= 11 is 5.31. The van der Waals surface area contributed by atoms with Gasteiger partial charge in [0.25, 0.3) is 5.85 Å². The number of rotatable bonds is 4. The lowest BCUT2D eigenvalue weighted by Crippen LogP contribution is -2.35. The van der Waals surface area contributed by atoms with Crippen LogP contribution in [-0.4, -0.2) is 48.2 Å². The molecule has 76 valence electrons. The van der Waals surface area contributed by atoms with Crippen molar-refractivity contribution in [1.29, 1.82) is 0 Å². The third kappa shape index (κ3) is 3.85. The standard InChI is InChI=1S/C6H12ClNO4P/c7-5-6(9)13(10)12-8-1-3-11-4-2-8/h6,9H,1-5H2/q+1. The van der Waals surface area contributed by atoms with E-state index in [1.807, 2.05) is 0 Å². The van der Waals surface area contributed by atoms with Crippen LogP contribution in [0.5, 0.6) is 0 Å². The van der Waals surface area contributed by atoms with Crippen LogP contribution >= 0.6 is 19.6 Å². The van der Waals surface area contributed by atoms with Gasteiger partial charge >= 0.3 is 8.03 Å². The van der Waals surface area contributed by atoms with Crippen LogP contribution in [0, 0.1) is 0 Å². The molecule has 0 bridgehead atoms. The number of morpholine rings is 1. The second kappa shape index (κ2) is 5.86. The molecule has 0 aromatic carbocycles. The van der Waals surface area contributed by atoms with Gasteiger partial charge in [0, 0.05) is 0 Å². The molecule has 0 aromatic heterocycles. The molecule has 1 fully saturated rings. The third-order valence-corrected chi connectivity index (χ3v) is 3.12. The molecule has 0 aliphatic carbocycles. The van der Waals surface area contributed by atoms with Crippen LogP contribution in [0.3, 0.4) is 0 Å². The van der Waals surface area contributed by atoms with E-state index >= 15 is 0 Å². The number of nitrogens with zero attached hydrogens (tertiary/aromatic N) is 1. The fourth-order valence-corrected chi connectivity index (χ4v) is 1.80. The molecule has 0 aromatic rings. The fraction of sp³-hybridized carbons (Fsp3) is 1.00. The molecule has 2 atom stereocenters. The highest BCUT2D eigenvalue weighted by atomic mass is 35.5. The van der Waals surface area contributed by atoms with Crippen molar-refractivity contribution in [2.24, 2.45) is 0 Å². The molecule has 5 nitrogen and oxygen atoms in total. The molecule has 1 rings (SSSR count). The minimum Gasteiger partial charge on any atom is -0.379 e. The number of aliphatic hydroxyl groups is 1. The first-order valence-electron chi connectivity index (χ1n) is 3.95. The van der Waals surface area contributed by atoms with Crippen molar-refractivity contribution in [2.75, 3.05) is 32.2 Å². The Hall–Kier alpha value is 0.230. The maximum atomic E-state index is 11.2. The molecule has 1 N–H and O–H groups in total. The first-order valence-corrected chi connectivity index (χ1v) is 5.73. The molecular formula is C6H12ClNO4P+. The summed E-state index contributed by atoms with van der Waals surface area (Å²) in [7, 11) is -2.12. The lowest BCUT2D eigenvalue weighted by molar-refractivity contribution is -0.115. The zero-order chi connectivity index (χ0) is 9.68. The predicted octanol–water partition coefficient (Wildman–Crippen LogP) is 0.550. The highest BCUT2D eigenvalue weighted by molar-refractivity contribution is 7.39.